The third-order valence-electron chi connectivity index (χ3n) is 16.2. The number of aliphatic hydroxyl groups excluding tert-OH is 3. The van der Waals surface area contributed by atoms with E-state index < -0.39 is 100 Å². The van der Waals surface area contributed by atoms with Crippen molar-refractivity contribution in [1.29, 1.82) is 0 Å². The van der Waals surface area contributed by atoms with E-state index in [9.17, 15) is 30.3 Å². The van der Waals surface area contributed by atoms with Crippen molar-refractivity contribution in [3.8, 4) is 17.0 Å². The summed E-state index contributed by atoms with van der Waals surface area (Å²) in [5, 5.41) is 68.3. The van der Waals surface area contributed by atoms with Crippen molar-refractivity contribution in [2.45, 2.75) is 202 Å². The Morgan fingerprint density at radius 1 is 0.893 bits per heavy atom. The van der Waals surface area contributed by atoms with Crippen LogP contribution in [0.2, 0.25) is 0 Å². The smallest absolute Gasteiger partial charge is 0.312 e. The van der Waals surface area contributed by atoms with E-state index in [1.165, 1.54) is 19.6 Å². The minimum Gasteiger partial charge on any atom is -0.481 e. The van der Waals surface area contributed by atoms with E-state index in [1.807, 2.05) is 91.6 Å². The van der Waals surface area contributed by atoms with Gasteiger partial charge in [0.25, 0.3) is 0 Å². The SMILES string of the molecule is COc1ccc(-c2ccc(CCCCn3cc(CCN(C)[C@H]4C[C@@H](C)O[C@@H](O[C@@H]5[C@@H](C)[C@H](O[C@H]6C[C@@](C)(OC)[C@@H](O)[C@H](C)O6)[C@@H](C)C(=O)O[C@H](I)[C@@](C)(O)[C@H](O)[C@@H](C)N(C)C[C@H](C)C[C@@]5(C)O)[C@@H]4O)nn3)cc2)cn1. The number of likely N-dealkylation sites (N-methyl/N-ethyl adjacent to an activating group) is 2. The number of aryl methyl sites for hydroxylation is 2. The Bertz CT molecular complexity index is 2240. The fourth-order valence-corrected chi connectivity index (χ4v) is 11.8. The minimum absolute atomic E-state index is 0.104. The number of ether oxygens (including phenoxy) is 7. The van der Waals surface area contributed by atoms with Crippen LogP contribution >= 0.6 is 22.6 Å². The average Bonchev–Trinajstić information content (AvgIpc) is 3.84. The van der Waals surface area contributed by atoms with Crippen molar-refractivity contribution in [1.82, 2.24) is 29.8 Å². The first kappa shape index (κ1) is 61.2. The van der Waals surface area contributed by atoms with Gasteiger partial charge in [-0.25, -0.2) is 4.98 Å². The number of nitrogens with zero attached hydrogens (tertiary/aromatic N) is 6. The molecule has 3 saturated heterocycles. The highest BCUT2D eigenvalue weighted by atomic mass is 127. The summed E-state index contributed by atoms with van der Waals surface area (Å²) >= 11 is 1.83. The molecule has 3 fully saturated rings. The lowest BCUT2D eigenvalue weighted by atomic mass is 9.77. The van der Waals surface area contributed by atoms with Crippen LogP contribution in [0.5, 0.6) is 5.88 Å². The van der Waals surface area contributed by atoms with Crippen LogP contribution in [0, 0.1) is 17.8 Å². The van der Waals surface area contributed by atoms with Gasteiger partial charge in [-0.05, 0) is 140 Å². The Morgan fingerprint density at radius 3 is 2.24 bits per heavy atom. The number of methoxy groups -OCH3 is 2. The number of aromatic nitrogens is 4. The number of benzene rings is 1. The molecule has 3 aromatic rings. The number of cyclic esters (lactones) is 1. The summed E-state index contributed by atoms with van der Waals surface area (Å²) in [7, 11) is 6.90. The van der Waals surface area contributed by atoms with Crippen LogP contribution in [0.3, 0.4) is 0 Å². The van der Waals surface area contributed by atoms with Gasteiger partial charge >= 0.3 is 5.97 Å². The number of esters is 1. The van der Waals surface area contributed by atoms with Crippen LogP contribution in [0.25, 0.3) is 11.1 Å². The highest BCUT2D eigenvalue weighted by Crippen LogP contribution is 2.40. The molecular formula is C55H87IN6O13. The normalized spacial score (nSPS) is 37.9. The first-order valence-electron chi connectivity index (χ1n) is 26.7. The largest absolute Gasteiger partial charge is 0.481 e. The molecular weight excluding hydrogens is 1080 g/mol. The molecule has 5 N–H and O–H groups in total. The Labute approximate surface area is 458 Å². The van der Waals surface area contributed by atoms with E-state index in [1.54, 1.807) is 41.7 Å². The van der Waals surface area contributed by atoms with Gasteiger partial charge in [0.1, 0.15) is 23.9 Å². The number of pyridine rings is 1. The molecule has 18 atom stereocenters. The third kappa shape index (κ3) is 15.2. The second-order valence-electron chi connectivity index (χ2n) is 22.6. The fraction of sp³-hybridized carbons (Fsp3) is 0.745. The topological polar surface area (TPSA) is 233 Å². The second kappa shape index (κ2) is 26.3. The molecule has 0 aliphatic carbocycles. The highest BCUT2D eigenvalue weighted by molar-refractivity contribution is 14.1. The van der Waals surface area contributed by atoms with Crippen LogP contribution in [0.15, 0.2) is 48.8 Å². The lowest BCUT2D eigenvalue weighted by molar-refractivity contribution is -0.318. The molecule has 0 amide bonds. The van der Waals surface area contributed by atoms with Gasteiger partial charge in [-0.1, -0.05) is 43.3 Å². The van der Waals surface area contributed by atoms with Gasteiger partial charge < -0.3 is 68.5 Å². The van der Waals surface area contributed by atoms with Gasteiger partial charge in [0.05, 0.1) is 54.3 Å². The standard InChI is InChI=1S/C55H87IN6O13/c1-32-27-53(7,67)49(34(3)46(73-44-28-54(8,70-13)48(65)37(6)72-44)35(4)50(66)75-52(56)55(9,68)47(64)36(5)61(11)30-32)74-51-45(63)42(26-33(2)71-51)60(10)25-23-41-31-62(59-58-41)24-15-14-16-38-17-19-39(20-18-38)40-21-22-43(69-12)57-29-40/h17-22,29,31-37,42,44-49,51-52,63-65,67-68H,14-16,23-28,30H2,1-13H3/t32-,33-,34+,35-,36-,37+,42+,44+,45-,46+,47-,48+,49-,51+,52+,53-,54-,55+/m1/s1. The molecule has 0 saturated carbocycles. The summed E-state index contributed by atoms with van der Waals surface area (Å²) in [6, 6.07) is 11.5. The maximum Gasteiger partial charge on any atom is 0.312 e. The number of halogens is 1. The zero-order chi connectivity index (χ0) is 55.2. The van der Waals surface area contributed by atoms with Crippen LogP contribution in [0.4, 0.5) is 0 Å². The summed E-state index contributed by atoms with van der Waals surface area (Å²) < 4.78 is 44.0. The number of carbonyl (C=O) groups excluding carboxylic acids is 1. The molecule has 0 unspecified atom stereocenters. The van der Waals surface area contributed by atoms with Crippen LogP contribution < -0.4 is 4.74 Å². The van der Waals surface area contributed by atoms with Crippen molar-refractivity contribution >= 4 is 28.6 Å². The Balaban J connectivity index is 1.16. The van der Waals surface area contributed by atoms with Gasteiger partial charge in [-0.2, -0.15) is 0 Å². The lowest BCUT2D eigenvalue weighted by Crippen LogP contribution is -2.60. The molecule has 0 spiro atoms. The van der Waals surface area contributed by atoms with Gasteiger partial charge in [-0.3, -0.25) is 9.48 Å². The van der Waals surface area contributed by atoms with E-state index in [-0.39, 0.29) is 24.9 Å². The Hall–Kier alpha value is -2.97. The summed E-state index contributed by atoms with van der Waals surface area (Å²) in [5.41, 5.74) is -0.285. The van der Waals surface area contributed by atoms with Crippen LogP contribution in [-0.2, 0) is 52.6 Å². The van der Waals surface area contributed by atoms with Crippen LogP contribution in [0.1, 0.15) is 106 Å². The summed E-state index contributed by atoms with van der Waals surface area (Å²) in [6.07, 6.45) is -0.796. The molecule has 0 radical (unpaired) electrons. The summed E-state index contributed by atoms with van der Waals surface area (Å²) in [4.78, 5) is 22.7. The van der Waals surface area contributed by atoms with Gasteiger partial charge in [0, 0.05) is 81.6 Å². The highest BCUT2D eigenvalue weighted by Gasteiger charge is 2.53. The number of hydrogen-bond acceptors (Lipinski definition) is 18. The first-order valence-corrected chi connectivity index (χ1v) is 27.9. The predicted molar refractivity (Wildman–Crippen MR) is 290 cm³/mol. The number of rotatable bonds is 16. The monoisotopic (exact) mass is 1170 g/mol. The third-order valence-corrected chi connectivity index (χ3v) is 17.7. The molecule has 19 nitrogen and oxygen atoms in total. The van der Waals surface area contributed by atoms with Crippen molar-refractivity contribution in [3.63, 3.8) is 0 Å². The molecule has 3 aliphatic heterocycles. The predicted octanol–water partition coefficient (Wildman–Crippen LogP) is 5.18. The molecule has 422 valence electrons. The van der Waals surface area contributed by atoms with Crippen molar-refractivity contribution in [2.24, 2.45) is 17.8 Å². The van der Waals surface area contributed by atoms with E-state index in [2.05, 4.69) is 44.5 Å². The van der Waals surface area contributed by atoms with Gasteiger partial charge in [0.2, 0.25) is 5.88 Å². The quantitative estimate of drug-likeness (QED) is 0.0538. The Morgan fingerprint density at radius 2 is 1.59 bits per heavy atom. The first-order chi connectivity index (χ1) is 35.3. The number of unbranched alkanes of at least 4 members (excludes halogenated alkanes) is 1. The Kier molecular flexibility index (Phi) is 21.5. The lowest BCUT2D eigenvalue weighted by Gasteiger charge is -2.49. The van der Waals surface area contributed by atoms with Crippen molar-refractivity contribution in [3.05, 3.63) is 60.0 Å². The van der Waals surface area contributed by atoms with E-state index in [0.717, 1.165) is 42.6 Å². The molecule has 2 aromatic heterocycles. The minimum atomic E-state index is -1.86. The number of aliphatic hydroxyl groups is 5. The fourth-order valence-electron chi connectivity index (χ4n) is 11.2. The van der Waals surface area contributed by atoms with E-state index >= 15 is 0 Å². The van der Waals surface area contributed by atoms with Crippen molar-refractivity contribution in [2.75, 3.05) is 41.4 Å². The van der Waals surface area contributed by atoms with Crippen LogP contribution in [-0.4, -0.2) is 191 Å². The molecule has 75 heavy (non-hydrogen) atoms. The molecule has 20 heteroatoms. The van der Waals surface area contributed by atoms with E-state index in [4.69, 9.17) is 33.2 Å². The van der Waals surface area contributed by atoms with Gasteiger partial charge in [-0.15, -0.1) is 5.10 Å². The molecule has 3 aliphatic rings. The summed E-state index contributed by atoms with van der Waals surface area (Å²) in [6.45, 7) is 17.5. The maximum absolute atomic E-state index is 14.4. The number of alkyl halides is 1. The average molecular weight is 1170 g/mol. The zero-order valence-electron chi connectivity index (χ0n) is 46.4. The molecule has 1 aromatic carbocycles. The van der Waals surface area contributed by atoms with Crippen molar-refractivity contribution < 1.29 is 63.5 Å². The molecule has 0 bridgehead atoms. The maximum atomic E-state index is 14.4. The number of hydrogen-bond donors (Lipinski definition) is 5. The summed E-state index contributed by atoms with van der Waals surface area (Å²) in [5.74, 6) is -2.20. The second-order valence-corrected chi connectivity index (χ2v) is 23.7. The van der Waals surface area contributed by atoms with E-state index in [0.29, 0.717) is 31.8 Å². The van der Waals surface area contributed by atoms with Gasteiger partial charge in [0.15, 0.2) is 16.7 Å². The molecule has 6 rings (SSSR count). The number of carbonyl (C=O) groups is 1. The zero-order valence-corrected chi connectivity index (χ0v) is 48.6. The molecule has 5 heterocycles.